The SMILES string of the molecule is Cc1ccccc1-n1c(-c2cccc3c2[n-]c2ccccc23)nc2c(-c3[c-]c4c(cc3)c3ccccc3n4-c3ccccn3)cccc21.[Pt+2]. The van der Waals surface area contributed by atoms with Gasteiger partial charge in [-0.25, -0.2) is 9.97 Å². The van der Waals surface area contributed by atoms with Gasteiger partial charge >= 0.3 is 21.1 Å². The third-order valence-corrected chi connectivity index (χ3v) is 9.50. The Labute approximate surface area is 296 Å². The average Bonchev–Trinajstić information content (AvgIpc) is 3.82. The predicted octanol–water partition coefficient (Wildman–Crippen LogP) is 10.2. The summed E-state index contributed by atoms with van der Waals surface area (Å²) in [5.74, 6) is 1.73. The minimum atomic E-state index is 0. The van der Waals surface area contributed by atoms with Gasteiger partial charge in [0.1, 0.15) is 11.6 Å². The van der Waals surface area contributed by atoms with Gasteiger partial charge in [0.25, 0.3) is 0 Å². The molecular formula is C43H27N5Pt. The Morgan fingerprint density at radius 1 is 0.592 bits per heavy atom. The van der Waals surface area contributed by atoms with Crippen molar-refractivity contribution in [1.29, 1.82) is 0 Å². The molecule has 0 spiro atoms. The molecular weight excluding hydrogens is 782 g/mol. The second-order valence-electron chi connectivity index (χ2n) is 12.2. The van der Waals surface area contributed by atoms with E-state index in [1.807, 2.05) is 30.5 Å². The van der Waals surface area contributed by atoms with E-state index in [0.717, 1.165) is 83.3 Å². The number of hydrogen-bond donors (Lipinski definition) is 0. The van der Waals surface area contributed by atoms with Crippen LogP contribution in [0.25, 0.3) is 88.7 Å². The van der Waals surface area contributed by atoms with Crippen LogP contribution in [0.2, 0.25) is 0 Å². The van der Waals surface area contributed by atoms with Gasteiger partial charge in [0.05, 0.1) is 16.7 Å². The van der Waals surface area contributed by atoms with E-state index in [1.165, 1.54) is 10.9 Å². The molecule has 0 amide bonds. The molecule has 0 aliphatic heterocycles. The molecule has 234 valence electrons. The molecule has 49 heavy (non-hydrogen) atoms. The molecule has 0 unspecified atom stereocenters. The summed E-state index contributed by atoms with van der Waals surface area (Å²) in [5.41, 5.74) is 11.3. The van der Waals surface area contributed by atoms with Crippen molar-refractivity contribution in [2.45, 2.75) is 6.92 Å². The van der Waals surface area contributed by atoms with Crippen molar-refractivity contribution in [2.75, 3.05) is 0 Å². The first-order valence-corrected chi connectivity index (χ1v) is 16.1. The van der Waals surface area contributed by atoms with E-state index in [2.05, 4.69) is 137 Å². The third-order valence-electron chi connectivity index (χ3n) is 9.50. The molecule has 0 atom stereocenters. The predicted molar refractivity (Wildman–Crippen MR) is 196 cm³/mol. The van der Waals surface area contributed by atoms with Crippen LogP contribution < -0.4 is 4.98 Å². The van der Waals surface area contributed by atoms with E-state index in [9.17, 15) is 0 Å². The number of para-hydroxylation sites is 5. The van der Waals surface area contributed by atoms with Crippen molar-refractivity contribution in [3.05, 3.63) is 157 Å². The van der Waals surface area contributed by atoms with E-state index >= 15 is 0 Å². The molecule has 0 aliphatic carbocycles. The average molecular weight is 809 g/mol. The van der Waals surface area contributed by atoms with Crippen LogP contribution in [-0.4, -0.2) is 19.1 Å². The fourth-order valence-corrected chi connectivity index (χ4v) is 7.31. The van der Waals surface area contributed by atoms with E-state index in [1.54, 1.807) is 0 Å². The number of rotatable bonds is 4. The summed E-state index contributed by atoms with van der Waals surface area (Å²) in [5, 5.41) is 4.60. The van der Waals surface area contributed by atoms with Crippen LogP contribution in [0.3, 0.4) is 0 Å². The maximum atomic E-state index is 5.48. The van der Waals surface area contributed by atoms with Gasteiger partial charge in [-0.05, 0) is 64.5 Å². The van der Waals surface area contributed by atoms with Crippen molar-refractivity contribution >= 4 is 54.6 Å². The van der Waals surface area contributed by atoms with E-state index in [0.29, 0.717) is 0 Å². The Bertz CT molecular complexity index is 2860. The number of aryl methyl sites for hydroxylation is 1. The molecule has 10 aromatic rings. The molecule has 10 rings (SSSR count). The molecule has 4 heterocycles. The molecule has 0 fully saturated rings. The first kappa shape index (κ1) is 29.4. The Morgan fingerprint density at radius 2 is 1.33 bits per heavy atom. The first-order valence-electron chi connectivity index (χ1n) is 16.1. The zero-order valence-corrected chi connectivity index (χ0v) is 28.7. The molecule has 0 N–H and O–H groups in total. The summed E-state index contributed by atoms with van der Waals surface area (Å²) in [6.07, 6.45) is 1.84. The number of aromatic nitrogens is 5. The Hall–Kier alpha value is -5.77. The second kappa shape index (κ2) is 11.4. The summed E-state index contributed by atoms with van der Waals surface area (Å²) in [6.45, 7) is 2.16. The minimum Gasteiger partial charge on any atom is -0.656 e. The largest absolute Gasteiger partial charge is 2.00 e. The molecule has 0 saturated heterocycles. The van der Waals surface area contributed by atoms with Crippen molar-refractivity contribution < 1.29 is 21.1 Å². The quantitative estimate of drug-likeness (QED) is 0.167. The van der Waals surface area contributed by atoms with Crippen molar-refractivity contribution in [1.82, 2.24) is 24.1 Å². The number of hydrogen-bond acceptors (Lipinski definition) is 2. The zero-order valence-electron chi connectivity index (χ0n) is 26.4. The zero-order chi connectivity index (χ0) is 31.8. The Balaban J connectivity index is 0.00000325. The van der Waals surface area contributed by atoms with Gasteiger partial charge in [0, 0.05) is 17.3 Å². The minimum absolute atomic E-state index is 0. The maximum absolute atomic E-state index is 5.48. The van der Waals surface area contributed by atoms with Gasteiger partial charge in [-0.1, -0.05) is 108 Å². The molecule has 0 bridgehead atoms. The number of fused-ring (bicyclic) bond motifs is 7. The van der Waals surface area contributed by atoms with E-state index in [-0.39, 0.29) is 21.1 Å². The van der Waals surface area contributed by atoms with Gasteiger partial charge < -0.3 is 9.55 Å². The molecule has 6 heteroatoms. The van der Waals surface area contributed by atoms with E-state index < -0.39 is 0 Å². The number of nitrogens with zero attached hydrogens (tertiary/aromatic N) is 5. The van der Waals surface area contributed by atoms with Crippen LogP contribution in [0.5, 0.6) is 0 Å². The first-order chi connectivity index (χ1) is 23.7. The van der Waals surface area contributed by atoms with Gasteiger partial charge in [-0.3, -0.25) is 4.57 Å². The molecule has 0 aliphatic rings. The van der Waals surface area contributed by atoms with Gasteiger partial charge in [-0.15, -0.1) is 34.8 Å². The fraction of sp³-hybridized carbons (Fsp3) is 0.0233. The number of pyridine rings is 1. The van der Waals surface area contributed by atoms with Crippen LogP contribution in [0.4, 0.5) is 0 Å². The van der Waals surface area contributed by atoms with Crippen LogP contribution in [0, 0.1) is 13.0 Å². The van der Waals surface area contributed by atoms with Crippen LogP contribution in [0.1, 0.15) is 5.56 Å². The Morgan fingerprint density at radius 3 is 2.20 bits per heavy atom. The van der Waals surface area contributed by atoms with Crippen molar-refractivity contribution in [2.24, 2.45) is 0 Å². The summed E-state index contributed by atoms with van der Waals surface area (Å²) in [7, 11) is 0. The van der Waals surface area contributed by atoms with Crippen molar-refractivity contribution in [3.8, 4) is 34.0 Å². The molecule has 4 aromatic heterocycles. The third kappa shape index (κ3) is 4.43. The summed E-state index contributed by atoms with van der Waals surface area (Å²) in [6, 6.07) is 52.4. The summed E-state index contributed by atoms with van der Waals surface area (Å²) >= 11 is 0. The normalized spacial score (nSPS) is 11.6. The van der Waals surface area contributed by atoms with Crippen LogP contribution >= 0.6 is 0 Å². The summed E-state index contributed by atoms with van der Waals surface area (Å²) < 4.78 is 4.50. The molecule has 5 nitrogen and oxygen atoms in total. The number of imidazole rings is 1. The maximum Gasteiger partial charge on any atom is 2.00 e. The molecule has 0 radical (unpaired) electrons. The number of benzene rings is 6. The second-order valence-corrected chi connectivity index (χ2v) is 12.2. The molecule has 6 aromatic carbocycles. The van der Waals surface area contributed by atoms with Gasteiger partial charge in [0.15, 0.2) is 0 Å². The van der Waals surface area contributed by atoms with Crippen LogP contribution in [0.15, 0.2) is 146 Å². The standard InChI is InChI=1S/C43H27N5.Pt/c1-27-12-2-6-19-36(27)48-38-21-11-15-29(42(38)46-43(48)34-17-10-16-33-30-13-3-5-18-35(30)45-41(33)34)28-23-24-32-31-14-4-7-20-37(31)47(39(32)26-28)40-22-8-9-25-44-40;/h2-25H,1H3;/q-2;+2. The van der Waals surface area contributed by atoms with Gasteiger partial charge in [-0.2, -0.15) is 0 Å². The Kier molecular flexibility index (Phi) is 6.85. The fourth-order valence-electron chi connectivity index (χ4n) is 7.31. The molecule has 0 saturated carbocycles. The smallest absolute Gasteiger partial charge is 0.656 e. The van der Waals surface area contributed by atoms with Crippen LogP contribution in [-0.2, 0) is 21.1 Å². The van der Waals surface area contributed by atoms with Crippen molar-refractivity contribution in [3.63, 3.8) is 0 Å². The summed E-state index contributed by atoms with van der Waals surface area (Å²) in [4.78, 5) is 15.3. The van der Waals surface area contributed by atoms with Gasteiger partial charge in [0.2, 0.25) is 0 Å². The van der Waals surface area contributed by atoms with E-state index in [4.69, 9.17) is 15.0 Å². The monoisotopic (exact) mass is 808 g/mol. The topological polar surface area (TPSA) is 49.7 Å².